The summed E-state index contributed by atoms with van der Waals surface area (Å²) >= 11 is 6.47. The van der Waals surface area contributed by atoms with E-state index in [0.717, 1.165) is 37.7 Å². The Bertz CT molecular complexity index is 1200. The lowest BCUT2D eigenvalue weighted by Crippen LogP contribution is -1.83. The van der Waals surface area contributed by atoms with Crippen molar-refractivity contribution in [3.05, 3.63) is 83.9 Å². The predicted octanol–water partition coefficient (Wildman–Crippen LogP) is 7.06. The summed E-state index contributed by atoms with van der Waals surface area (Å²) in [6, 6.07) is 26.8. The van der Waals surface area contributed by atoms with Crippen molar-refractivity contribution in [1.29, 1.82) is 0 Å². The van der Waals surface area contributed by atoms with Gasteiger partial charge in [-0.3, -0.25) is 0 Å². The molecule has 2 heteroatoms. The third-order valence-electron chi connectivity index (χ3n) is 4.55. The van der Waals surface area contributed by atoms with Gasteiger partial charge in [0.15, 0.2) is 0 Å². The Kier molecular flexibility index (Phi) is 2.91. The maximum absolute atomic E-state index is 6.47. The molecule has 0 saturated heterocycles. The van der Waals surface area contributed by atoms with Gasteiger partial charge in [0, 0.05) is 21.2 Å². The first-order chi connectivity index (χ1) is 11.8. The van der Waals surface area contributed by atoms with Gasteiger partial charge in [-0.25, -0.2) is 0 Å². The maximum Gasteiger partial charge on any atom is 0.136 e. The molecule has 0 unspecified atom stereocenters. The smallest absolute Gasteiger partial charge is 0.136 e. The first kappa shape index (κ1) is 13.6. The largest absolute Gasteiger partial charge is 0.456 e. The van der Waals surface area contributed by atoms with E-state index in [9.17, 15) is 0 Å². The van der Waals surface area contributed by atoms with E-state index >= 15 is 0 Å². The van der Waals surface area contributed by atoms with Crippen LogP contribution >= 0.6 is 11.6 Å². The normalized spacial score (nSPS) is 11.5. The van der Waals surface area contributed by atoms with Gasteiger partial charge in [-0.2, -0.15) is 0 Å². The number of rotatable bonds is 1. The van der Waals surface area contributed by atoms with Crippen molar-refractivity contribution in [2.45, 2.75) is 0 Å². The van der Waals surface area contributed by atoms with Crippen LogP contribution in [-0.4, -0.2) is 0 Å². The summed E-state index contributed by atoms with van der Waals surface area (Å²) in [5, 5.41) is 5.16. The molecule has 0 atom stereocenters. The van der Waals surface area contributed by atoms with Crippen LogP contribution in [0.15, 0.2) is 83.3 Å². The van der Waals surface area contributed by atoms with Gasteiger partial charge in [0.2, 0.25) is 0 Å². The van der Waals surface area contributed by atoms with Gasteiger partial charge in [-0.15, -0.1) is 0 Å². The van der Waals surface area contributed by atoms with E-state index in [-0.39, 0.29) is 0 Å². The zero-order chi connectivity index (χ0) is 16.1. The van der Waals surface area contributed by atoms with Crippen molar-refractivity contribution >= 4 is 44.3 Å². The molecule has 24 heavy (non-hydrogen) atoms. The van der Waals surface area contributed by atoms with Gasteiger partial charge in [0.1, 0.15) is 11.2 Å². The molecular formula is C22H13ClO. The van der Waals surface area contributed by atoms with E-state index in [1.54, 1.807) is 0 Å². The number of benzene rings is 4. The average molecular weight is 329 g/mol. The van der Waals surface area contributed by atoms with Crippen LogP contribution in [0, 0.1) is 0 Å². The summed E-state index contributed by atoms with van der Waals surface area (Å²) in [6.45, 7) is 0. The number of halogens is 1. The number of furan rings is 1. The van der Waals surface area contributed by atoms with Crippen LogP contribution in [0.25, 0.3) is 43.8 Å². The highest BCUT2D eigenvalue weighted by atomic mass is 35.5. The van der Waals surface area contributed by atoms with Crippen molar-refractivity contribution < 1.29 is 4.42 Å². The van der Waals surface area contributed by atoms with Crippen molar-refractivity contribution in [3.8, 4) is 11.1 Å². The zero-order valence-electron chi connectivity index (χ0n) is 12.8. The molecule has 1 heterocycles. The third kappa shape index (κ3) is 1.95. The second kappa shape index (κ2) is 5.12. The molecule has 0 aliphatic rings. The number of para-hydroxylation sites is 1. The van der Waals surface area contributed by atoms with Crippen LogP contribution in [0.1, 0.15) is 0 Å². The van der Waals surface area contributed by atoms with Crippen molar-refractivity contribution in [2.24, 2.45) is 0 Å². The minimum atomic E-state index is 0.743. The van der Waals surface area contributed by atoms with Crippen LogP contribution in [-0.2, 0) is 0 Å². The highest BCUT2D eigenvalue weighted by molar-refractivity contribution is 6.36. The standard InChI is InChI=1S/C22H13ClO/c23-20-11-10-15(14-6-2-1-3-7-14)17-12-19-16-8-4-5-9-21(16)24-22(19)13-18(17)20/h1-13H. The molecule has 1 nitrogen and oxygen atoms in total. The highest BCUT2D eigenvalue weighted by Crippen LogP contribution is 2.38. The minimum absolute atomic E-state index is 0.743. The van der Waals surface area contributed by atoms with Crippen molar-refractivity contribution in [1.82, 2.24) is 0 Å². The van der Waals surface area contributed by atoms with Crippen molar-refractivity contribution in [3.63, 3.8) is 0 Å². The van der Waals surface area contributed by atoms with Crippen LogP contribution in [0.2, 0.25) is 5.02 Å². The molecule has 0 spiro atoms. The molecule has 4 aromatic carbocycles. The summed E-state index contributed by atoms with van der Waals surface area (Å²) in [6.07, 6.45) is 0. The van der Waals surface area contributed by atoms with E-state index in [2.05, 4.69) is 48.5 Å². The molecule has 0 radical (unpaired) electrons. The first-order valence-electron chi connectivity index (χ1n) is 7.90. The van der Waals surface area contributed by atoms with Gasteiger partial charge in [-0.05, 0) is 40.8 Å². The van der Waals surface area contributed by atoms with E-state index in [1.807, 2.05) is 30.3 Å². The Morgan fingerprint density at radius 3 is 2.25 bits per heavy atom. The van der Waals surface area contributed by atoms with Gasteiger partial charge in [0.05, 0.1) is 0 Å². The zero-order valence-corrected chi connectivity index (χ0v) is 13.5. The lowest BCUT2D eigenvalue weighted by molar-refractivity contribution is 0.669. The van der Waals surface area contributed by atoms with Gasteiger partial charge in [0.25, 0.3) is 0 Å². The molecule has 0 fully saturated rings. The van der Waals surface area contributed by atoms with Gasteiger partial charge in [-0.1, -0.05) is 66.2 Å². The molecular weight excluding hydrogens is 316 g/mol. The van der Waals surface area contributed by atoms with Crippen LogP contribution in [0.3, 0.4) is 0 Å². The molecule has 0 saturated carbocycles. The number of hydrogen-bond donors (Lipinski definition) is 0. The summed E-state index contributed by atoms with van der Waals surface area (Å²) in [5.41, 5.74) is 4.14. The van der Waals surface area contributed by atoms with E-state index in [0.29, 0.717) is 0 Å². The summed E-state index contributed by atoms with van der Waals surface area (Å²) < 4.78 is 6.00. The van der Waals surface area contributed by atoms with Crippen LogP contribution < -0.4 is 0 Å². The molecule has 0 amide bonds. The van der Waals surface area contributed by atoms with Crippen LogP contribution in [0.4, 0.5) is 0 Å². The van der Waals surface area contributed by atoms with Gasteiger partial charge >= 0.3 is 0 Å². The molecule has 0 N–H and O–H groups in total. The Morgan fingerprint density at radius 2 is 1.38 bits per heavy atom. The molecule has 5 aromatic rings. The summed E-state index contributed by atoms with van der Waals surface area (Å²) in [7, 11) is 0. The predicted molar refractivity (Wildman–Crippen MR) is 102 cm³/mol. The van der Waals surface area contributed by atoms with E-state index in [1.165, 1.54) is 11.1 Å². The molecule has 0 aliphatic carbocycles. The van der Waals surface area contributed by atoms with E-state index in [4.69, 9.17) is 16.0 Å². The second-order valence-corrected chi connectivity index (χ2v) is 6.36. The molecule has 1 aromatic heterocycles. The summed E-state index contributed by atoms with van der Waals surface area (Å²) in [4.78, 5) is 0. The number of fused-ring (bicyclic) bond motifs is 4. The molecule has 114 valence electrons. The lowest BCUT2D eigenvalue weighted by atomic mass is 9.96. The quantitative estimate of drug-likeness (QED) is 0.321. The van der Waals surface area contributed by atoms with Gasteiger partial charge < -0.3 is 4.42 Å². The highest BCUT2D eigenvalue weighted by Gasteiger charge is 2.12. The van der Waals surface area contributed by atoms with Crippen molar-refractivity contribution in [2.75, 3.05) is 0 Å². The number of hydrogen-bond acceptors (Lipinski definition) is 1. The third-order valence-corrected chi connectivity index (χ3v) is 4.88. The fourth-order valence-electron chi connectivity index (χ4n) is 3.40. The van der Waals surface area contributed by atoms with E-state index < -0.39 is 0 Å². The topological polar surface area (TPSA) is 13.1 Å². The maximum atomic E-state index is 6.47. The SMILES string of the molecule is Clc1ccc(-c2ccccc2)c2cc3c(cc12)oc1ccccc13. The summed E-state index contributed by atoms with van der Waals surface area (Å²) in [5.74, 6) is 0. The second-order valence-electron chi connectivity index (χ2n) is 5.95. The Hall–Kier alpha value is -2.77. The minimum Gasteiger partial charge on any atom is -0.456 e. The molecule has 0 bridgehead atoms. The fraction of sp³-hybridized carbons (Fsp3) is 0. The lowest BCUT2D eigenvalue weighted by Gasteiger charge is -2.09. The molecule has 5 rings (SSSR count). The Morgan fingerprint density at radius 1 is 0.583 bits per heavy atom. The fourth-order valence-corrected chi connectivity index (χ4v) is 3.62. The molecule has 0 aliphatic heterocycles. The first-order valence-corrected chi connectivity index (χ1v) is 8.28. The Balaban J connectivity index is 1.95. The Labute approximate surface area is 144 Å². The monoisotopic (exact) mass is 328 g/mol. The van der Waals surface area contributed by atoms with Crippen LogP contribution in [0.5, 0.6) is 0 Å². The average Bonchev–Trinajstić information content (AvgIpc) is 2.99.